The van der Waals surface area contributed by atoms with Crippen molar-refractivity contribution >= 4 is 38.9 Å². The fraction of sp³-hybridized carbons (Fsp3) is 0.667. The summed E-state index contributed by atoms with van der Waals surface area (Å²) < 4.78 is 0.928. The monoisotopic (exact) mass is 322 g/mol. The van der Waals surface area contributed by atoms with Crippen molar-refractivity contribution < 1.29 is 5.11 Å². The molecule has 1 saturated carbocycles. The Labute approximate surface area is 114 Å². The zero-order valence-electron chi connectivity index (χ0n) is 9.09. The van der Waals surface area contributed by atoms with Gasteiger partial charge < -0.3 is 5.11 Å². The first-order valence-corrected chi connectivity index (χ1v) is 7.80. The van der Waals surface area contributed by atoms with Crippen LogP contribution in [-0.4, -0.2) is 5.11 Å². The minimum atomic E-state index is -0.327. The van der Waals surface area contributed by atoms with E-state index in [4.69, 9.17) is 11.6 Å². The summed E-state index contributed by atoms with van der Waals surface area (Å²) in [6, 6.07) is 1.89. The van der Waals surface area contributed by atoms with Gasteiger partial charge in [0.1, 0.15) is 0 Å². The molecule has 0 bridgehead atoms. The second kappa shape index (κ2) is 5.85. The van der Waals surface area contributed by atoms with Gasteiger partial charge in [0.05, 0.1) is 14.9 Å². The van der Waals surface area contributed by atoms with Crippen LogP contribution in [0.4, 0.5) is 0 Å². The summed E-state index contributed by atoms with van der Waals surface area (Å²) in [5.74, 6) is 0.420. The lowest BCUT2D eigenvalue weighted by atomic mass is 9.93. The van der Waals surface area contributed by atoms with Crippen molar-refractivity contribution in [3.63, 3.8) is 0 Å². The second-order valence-corrected chi connectivity index (χ2v) is 7.28. The van der Waals surface area contributed by atoms with Gasteiger partial charge in [0.15, 0.2) is 0 Å². The van der Waals surface area contributed by atoms with Crippen LogP contribution in [0.5, 0.6) is 0 Å². The van der Waals surface area contributed by atoms with E-state index in [1.807, 2.05) is 6.07 Å². The minimum Gasteiger partial charge on any atom is -0.387 e. The van der Waals surface area contributed by atoms with Crippen LogP contribution >= 0.6 is 38.9 Å². The van der Waals surface area contributed by atoms with E-state index in [0.29, 0.717) is 10.9 Å². The van der Waals surface area contributed by atoms with Crippen LogP contribution < -0.4 is 0 Å². The summed E-state index contributed by atoms with van der Waals surface area (Å²) in [6.45, 7) is 0. The van der Waals surface area contributed by atoms with E-state index in [1.54, 1.807) is 11.3 Å². The van der Waals surface area contributed by atoms with Crippen molar-refractivity contribution in [2.45, 2.75) is 44.6 Å². The molecule has 1 atom stereocenters. The number of hydrogen-bond donors (Lipinski definition) is 1. The Morgan fingerprint density at radius 3 is 2.44 bits per heavy atom. The van der Waals surface area contributed by atoms with Crippen LogP contribution in [0.3, 0.4) is 0 Å². The van der Waals surface area contributed by atoms with Crippen LogP contribution in [0.25, 0.3) is 0 Å². The van der Waals surface area contributed by atoms with E-state index in [-0.39, 0.29) is 6.10 Å². The minimum absolute atomic E-state index is 0.327. The highest BCUT2D eigenvalue weighted by Gasteiger charge is 2.24. The lowest BCUT2D eigenvalue weighted by Crippen LogP contribution is -2.10. The van der Waals surface area contributed by atoms with Crippen LogP contribution in [0.2, 0.25) is 5.02 Å². The van der Waals surface area contributed by atoms with Crippen LogP contribution in [0, 0.1) is 5.92 Å². The van der Waals surface area contributed by atoms with E-state index >= 15 is 0 Å². The molecule has 4 heteroatoms. The Kier molecular flexibility index (Phi) is 4.71. The summed E-state index contributed by atoms with van der Waals surface area (Å²) in [5, 5.41) is 11.1. The van der Waals surface area contributed by atoms with E-state index in [1.165, 1.54) is 25.7 Å². The summed E-state index contributed by atoms with van der Waals surface area (Å²) in [5.41, 5.74) is 0. The van der Waals surface area contributed by atoms with Crippen molar-refractivity contribution in [3.8, 4) is 0 Å². The Morgan fingerprint density at radius 2 is 1.94 bits per heavy atom. The van der Waals surface area contributed by atoms with Crippen molar-refractivity contribution in [2.24, 2.45) is 5.92 Å². The number of thiophene rings is 1. The fourth-order valence-electron chi connectivity index (χ4n) is 2.37. The van der Waals surface area contributed by atoms with Gasteiger partial charge in [-0.1, -0.05) is 37.3 Å². The van der Waals surface area contributed by atoms with Gasteiger partial charge in [-0.25, -0.2) is 0 Å². The first-order chi connectivity index (χ1) is 7.68. The molecule has 1 unspecified atom stereocenters. The van der Waals surface area contributed by atoms with Crippen molar-refractivity contribution in [3.05, 3.63) is 19.8 Å². The molecule has 1 aliphatic carbocycles. The van der Waals surface area contributed by atoms with E-state index < -0.39 is 0 Å². The third-order valence-corrected chi connectivity index (χ3v) is 5.85. The highest BCUT2D eigenvalue weighted by molar-refractivity contribution is 9.11. The standard InChI is InChI=1S/C12H16BrClOS/c13-12-9(14)7-10(16-12)11(15)8-5-3-1-2-4-6-8/h7-8,11,15H,1-6H2. The number of aliphatic hydroxyl groups is 1. The maximum Gasteiger partial charge on any atom is 0.0910 e. The molecular weight excluding hydrogens is 308 g/mol. The van der Waals surface area contributed by atoms with Crippen molar-refractivity contribution in [1.82, 2.24) is 0 Å². The molecule has 1 nitrogen and oxygen atoms in total. The maximum absolute atomic E-state index is 10.3. The van der Waals surface area contributed by atoms with E-state index in [9.17, 15) is 5.11 Å². The molecule has 90 valence electrons. The second-order valence-electron chi connectivity index (χ2n) is 4.47. The Hall–Kier alpha value is 0.430. The molecular formula is C12H16BrClOS. The molecule has 1 N–H and O–H groups in total. The summed E-state index contributed by atoms with van der Waals surface area (Å²) in [4.78, 5) is 1.00. The van der Waals surface area contributed by atoms with E-state index in [2.05, 4.69) is 15.9 Å². The molecule has 0 aliphatic heterocycles. The smallest absolute Gasteiger partial charge is 0.0910 e. The highest BCUT2D eigenvalue weighted by atomic mass is 79.9. The van der Waals surface area contributed by atoms with Gasteiger partial charge in [-0.3, -0.25) is 0 Å². The molecule has 0 aromatic carbocycles. The van der Waals surface area contributed by atoms with Crippen molar-refractivity contribution in [1.29, 1.82) is 0 Å². The fourth-order valence-corrected chi connectivity index (χ4v) is 4.19. The summed E-state index contributed by atoms with van der Waals surface area (Å²) >= 11 is 11.0. The average molecular weight is 324 g/mol. The molecule has 16 heavy (non-hydrogen) atoms. The Bertz CT molecular complexity index is 325. The first kappa shape index (κ1) is 12.9. The molecule has 1 aliphatic rings. The lowest BCUT2D eigenvalue weighted by Gasteiger charge is -2.19. The van der Waals surface area contributed by atoms with E-state index in [0.717, 1.165) is 21.5 Å². The molecule has 1 fully saturated rings. The predicted octanol–water partition coefficient (Wildman–Crippen LogP) is 5.17. The molecule has 0 saturated heterocycles. The van der Waals surface area contributed by atoms with Crippen molar-refractivity contribution in [2.75, 3.05) is 0 Å². The van der Waals surface area contributed by atoms with Gasteiger partial charge >= 0.3 is 0 Å². The highest BCUT2D eigenvalue weighted by Crippen LogP contribution is 2.40. The molecule has 1 aromatic rings. The number of hydrogen-bond acceptors (Lipinski definition) is 2. The van der Waals surface area contributed by atoms with Gasteiger partial charge in [0, 0.05) is 4.88 Å². The molecule has 0 radical (unpaired) electrons. The first-order valence-electron chi connectivity index (χ1n) is 5.81. The van der Waals surface area contributed by atoms with Gasteiger partial charge in [0.2, 0.25) is 0 Å². The maximum atomic E-state index is 10.3. The molecule has 1 heterocycles. The SMILES string of the molecule is OC(c1cc(Cl)c(Br)s1)C1CCCCCC1. The van der Waals surface area contributed by atoms with Gasteiger partial charge in [-0.2, -0.15) is 0 Å². The predicted molar refractivity (Wildman–Crippen MR) is 73.2 cm³/mol. The molecule has 2 rings (SSSR count). The number of aliphatic hydroxyl groups excluding tert-OH is 1. The van der Waals surface area contributed by atoms with Gasteiger partial charge in [0.25, 0.3) is 0 Å². The van der Waals surface area contributed by atoms with Gasteiger partial charge in [-0.15, -0.1) is 11.3 Å². The third-order valence-electron chi connectivity index (χ3n) is 3.30. The quantitative estimate of drug-likeness (QED) is 0.745. The third kappa shape index (κ3) is 3.00. The largest absolute Gasteiger partial charge is 0.387 e. The van der Waals surface area contributed by atoms with Crippen LogP contribution in [-0.2, 0) is 0 Å². The summed E-state index contributed by atoms with van der Waals surface area (Å²) in [7, 11) is 0. The molecule has 0 amide bonds. The molecule has 0 spiro atoms. The normalized spacial score (nSPS) is 20.7. The zero-order valence-corrected chi connectivity index (χ0v) is 12.2. The zero-order chi connectivity index (χ0) is 11.5. The average Bonchev–Trinajstić information content (AvgIpc) is 2.51. The van der Waals surface area contributed by atoms with Gasteiger partial charge in [-0.05, 0) is 40.8 Å². The summed E-state index contributed by atoms with van der Waals surface area (Å²) in [6.07, 6.45) is 7.11. The Morgan fingerprint density at radius 1 is 1.31 bits per heavy atom. The van der Waals surface area contributed by atoms with Crippen LogP contribution in [0.1, 0.15) is 49.5 Å². The molecule has 1 aromatic heterocycles. The lowest BCUT2D eigenvalue weighted by molar-refractivity contribution is 0.102. The topological polar surface area (TPSA) is 20.2 Å². The Balaban J connectivity index is 2.07. The number of rotatable bonds is 2. The number of halogens is 2. The van der Waals surface area contributed by atoms with Crippen LogP contribution in [0.15, 0.2) is 9.85 Å².